The Balaban J connectivity index is 1.95. The van der Waals surface area contributed by atoms with Gasteiger partial charge in [0.15, 0.2) is 0 Å². The van der Waals surface area contributed by atoms with Crippen LogP contribution >= 0.6 is 11.8 Å². The number of amides is 1. The van der Waals surface area contributed by atoms with Crippen LogP contribution in [0.3, 0.4) is 0 Å². The number of anilines is 2. The fourth-order valence-corrected chi connectivity index (χ4v) is 4.96. The molecule has 0 fully saturated rings. The molecule has 7 heteroatoms. The number of hydrogen-bond acceptors (Lipinski definition) is 4. The number of hydrogen-bond donors (Lipinski definition) is 1. The molecular formula is C23H24N2O3S2. The molecule has 0 radical (unpaired) electrons. The van der Waals surface area contributed by atoms with Crippen LogP contribution in [0.4, 0.5) is 11.4 Å². The summed E-state index contributed by atoms with van der Waals surface area (Å²) in [5.74, 6) is -0.410. The molecule has 3 aromatic rings. The summed E-state index contributed by atoms with van der Waals surface area (Å²) in [4.78, 5) is 14.0. The molecule has 3 rings (SSSR count). The first kappa shape index (κ1) is 21.9. The number of nitrogens with zero attached hydrogens (tertiary/aromatic N) is 1. The maximum atomic E-state index is 13.4. The van der Waals surface area contributed by atoms with Gasteiger partial charge in [-0.3, -0.25) is 9.10 Å². The Hall–Kier alpha value is -2.77. The summed E-state index contributed by atoms with van der Waals surface area (Å²) >= 11 is 1.57. The molecule has 156 valence electrons. The third-order valence-corrected chi connectivity index (χ3v) is 7.13. The molecule has 0 unspecified atom stereocenters. The van der Waals surface area contributed by atoms with Crippen molar-refractivity contribution in [1.29, 1.82) is 0 Å². The quantitative estimate of drug-likeness (QED) is 0.533. The van der Waals surface area contributed by atoms with E-state index in [0.29, 0.717) is 11.4 Å². The summed E-state index contributed by atoms with van der Waals surface area (Å²) in [6.07, 6.45) is 1.95. The summed E-state index contributed by atoms with van der Waals surface area (Å²) in [7, 11) is -3.93. The second-order valence-electron chi connectivity index (χ2n) is 6.89. The van der Waals surface area contributed by atoms with Crippen LogP contribution in [0.25, 0.3) is 0 Å². The van der Waals surface area contributed by atoms with Gasteiger partial charge in [0.05, 0.1) is 10.6 Å². The number of aryl methyl sites for hydroxylation is 2. The third kappa shape index (κ3) is 5.04. The van der Waals surface area contributed by atoms with E-state index in [-0.39, 0.29) is 11.4 Å². The van der Waals surface area contributed by atoms with Gasteiger partial charge in [-0.25, -0.2) is 8.42 Å². The van der Waals surface area contributed by atoms with Crippen molar-refractivity contribution in [3.05, 3.63) is 83.9 Å². The molecule has 30 heavy (non-hydrogen) atoms. The maximum Gasteiger partial charge on any atom is 0.264 e. The molecule has 3 aromatic carbocycles. The van der Waals surface area contributed by atoms with Gasteiger partial charge in [0.2, 0.25) is 5.91 Å². The summed E-state index contributed by atoms with van der Waals surface area (Å²) < 4.78 is 28.0. The van der Waals surface area contributed by atoms with Gasteiger partial charge in [-0.05, 0) is 62.1 Å². The molecule has 0 aliphatic heterocycles. The highest BCUT2D eigenvalue weighted by molar-refractivity contribution is 7.98. The lowest BCUT2D eigenvalue weighted by Crippen LogP contribution is -2.38. The van der Waals surface area contributed by atoms with Crippen LogP contribution in [-0.2, 0) is 14.8 Å². The molecule has 0 saturated carbocycles. The lowest BCUT2D eigenvalue weighted by Gasteiger charge is -2.25. The number of nitrogens with one attached hydrogen (secondary N) is 1. The van der Waals surface area contributed by atoms with Crippen molar-refractivity contribution < 1.29 is 13.2 Å². The van der Waals surface area contributed by atoms with Crippen LogP contribution in [0.1, 0.15) is 11.1 Å². The molecule has 0 atom stereocenters. The van der Waals surface area contributed by atoms with Crippen molar-refractivity contribution in [3.63, 3.8) is 0 Å². The SMILES string of the molecule is CSc1cccc(NC(=O)CN(c2ccccc2C)S(=O)(=O)c2ccc(C)cc2)c1. The molecule has 1 amide bonds. The van der Waals surface area contributed by atoms with Gasteiger partial charge in [-0.15, -0.1) is 11.8 Å². The lowest BCUT2D eigenvalue weighted by molar-refractivity contribution is -0.114. The number of rotatable bonds is 7. The predicted octanol–water partition coefficient (Wildman–Crippen LogP) is 4.86. The van der Waals surface area contributed by atoms with Crippen molar-refractivity contribution >= 4 is 39.1 Å². The van der Waals surface area contributed by atoms with Gasteiger partial charge in [0.25, 0.3) is 10.0 Å². The predicted molar refractivity (Wildman–Crippen MR) is 124 cm³/mol. The minimum absolute atomic E-state index is 0.147. The van der Waals surface area contributed by atoms with Crippen LogP contribution in [0.2, 0.25) is 0 Å². The van der Waals surface area contributed by atoms with Crippen LogP contribution in [0.5, 0.6) is 0 Å². The molecule has 0 bridgehead atoms. The van der Waals surface area contributed by atoms with Crippen molar-refractivity contribution in [2.45, 2.75) is 23.6 Å². The first-order valence-electron chi connectivity index (χ1n) is 9.40. The Bertz CT molecular complexity index is 1140. The Morgan fingerprint density at radius 2 is 1.67 bits per heavy atom. The number of para-hydroxylation sites is 1. The zero-order valence-electron chi connectivity index (χ0n) is 17.1. The highest BCUT2D eigenvalue weighted by Crippen LogP contribution is 2.27. The molecule has 1 N–H and O–H groups in total. The van der Waals surface area contributed by atoms with Crippen LogP contribution < -0.4 is 9.62 Å². The van der Waals surface area contributed by atoms with Gasteiger partial charge < -0.3 is 5.32 Å². The summed E-state index contributed by atoms with van der Waals surface area (Å²) in [5, 5.41) is 2.81. The van der Waals surface area contributed by atoms with Gasteiger partial charge in [0.1, 0.15) is 6.54 Å². The fraction of sp³-hybridized carbons (Fsp3) is 0.174. The van der Waals surface area contributed by atoms with E-state index in [0.717, 1.165) is 16.0 Å². The topological polar surface area (TPSA) is 66.5 Å². The minimum atomic E-state index is -3.93. The molecule has 0 aliphatic carbocycles. The number of carbonyl (C=O) groups is 1. The smallest absolute Gasteiger partial charge is 0.264 e. The van der Waals surface area contributed by atoms with Crippen LogP contribution in [0.15, 0.2) is 82.6 Å². The molecule has 0 saturated heterocycles. The number of sulfonamides is 1. The molecule has 0 spiro atoms. The van der Waals surface area contributed by atoms with E-state index in [1.807, 2.05) is 50.4 Å². The highest BCUT2D eigenvalue weighted by Gasteiger charge is 2.28. The first-order valence-corrected chi connectivity index (χ1v) is 12.1. The van der Waals surface area contributed by atoms with Gasteiger partial charge in [-0.1, -0.05) is 42.0 Å². The van der Waals surface area contributed by atoms with E-state index in [4.69, 9.17) is 0 Å². The third-order valence-electron chi connectivity index (χ3n) is 4.63. The van der Waals surface area contributed by atoms with Gasteiger partial charge in [-0.2, -0.15) is 0 Å². The van der Waals surface area contributed by atoms with Crippen molar-refractivity contribution in [2.24, 2.45) is 0 Å². The minimum Gasteiger partial charge on any atom is -0.324 e. The normalized spacial score (nSPS) is 11.2. The summed E-state index contributed by atoms with van der Waals surface area (Å²) in [6, 6.07) is 21.2. The standard InChI is InChI=1S/C23H24N2O3S2/c1-17-11-13-21(14-12-17)30(27,28)25(22-10-5-4-7-18(22)2)16-23(26)24-19-8-6-9-20(15-19)29-3/h4-15H,16H2,1-3H3,(H,24,26). The van der Waals surface area contributed by atoms with Crippen molar-refractivity contribution in [3.8, 4) is 0 Å². The molecule has 0 aliphatic rings. The highest BCUT2D eigenvalue weighted by atomic mass is 32.2. The van der Waals surface area contributed by atoms with E-state index in [1.54, 1.807) is 54.2 Å². The molecule has 5 nitrogen and oxygen atoms in total. The van der Waals surface area contributed by atoms with E-state index < -0.39 is 15.9 Å². The Kier molecular flexibility index (Phi) is 6.84. The zero-order chi connectivity index (χ0) is 21.7. The summed E-state index contributed by atoms with van der Waals surface area (Å²) in [5.41, 5.74) is 2.84. The number of carbonyl (C=O) groups excluding carboxylic acids is 1. The van der Waals surface area contributed by atoms with Gasteiger partial charge in [0, 0.05) is 10.6 Å². The van der Waals surface area contributed by atoms with E-state index in [1.165, 1.54) is 4.31 Å². The Labute approximate surface area is 182 Å². The number of thioether (sulfide) groups is 1. The monoisotopic (exact) mass is 440 g/mol. The van der Waals surface area contributed by atoms with Crippen LogP contribution in [-0.4, -0.2) is 27.1 Å². The van der Waals surface area contributed by atoms with Crippen molar-refractivity contribution in [2.75, 3.05) is 22.4 Å². The largest absolute Gasteiger partial charge is 0.324 e. The van der Waals surface area contributed by atoms with E-state index >= 15 is 0 Å². The number of benzene rings is 3. The molecular weight excluding hydrogens is 416 g/mol. The maximum absolute atomic E-state index is 13.4. The Morgan fingerprint density at radius 3 is 2.33 bits per heavy atom. The van der Waals surface area contributed by atoms with Crippen LogP contribution in [0, 0.1) is 13.8 Å². The van der Waals surface area contributed by atoms with E-state index in [2.05, 4.69) is 5.32 Å². The Morgan fingerprint density at radius 1 is 0.967 bits per heavy atom. The zero-order valence-corrected chi connectivity index (χ0v) is 18.8. The lowest BCUT2D eigenvalue weighted by atomic mass is 10.2. The second-order valence-corrected chi connectivity index (χ2v) is 9.63. The summed E-state index contributed by atoms with van der Waals surface area (Å²) in [6.45, 7) is 3.39. The average Bonchev–Trinajstić information content (AvgIpc) is 2.73. The fourth-order valence-electron chi connectivity index (χ4n) is 3.01. The molecule has 0 aromatic heterocycles. The van der Waals surface area contributed by atoms with Gasteiger partial charge >= 0.3 is 0 Å². The second kappa shape index (κ2) is 9.36. The van der Waals surface area contributed by atoms with E-state index in [9.17, 15) is 13.2 Å². The first-order chi connectivity index (χ1) is 14.3. The van der Waals surface area contributed by atoms with Crippen molar-refractivity contribution in [1.82, 2.24) is 0 Å². The molecule has 0 heterocycles. The average molecular weight is 441 g/mol.